The second-order valence-electron chi connectivity index (χ2n) is 5.61. The van der Waals surface area contributed by atoms with Gasteiger partial charge in [-0.3, -0.25) is 0 Å². The number of aliphatic hydroxyl groups excluding tert-OH is 1. The lowest BCUT2D eigenvalue weighted by atomic mass is 10.0. The van der Waals surface area contributed by atoms with Crippen LogP contribution >= 0.6 is 0 Å². The topological polar surface area (TPSA) is 41.5 Å². The summed E-state index contributed by atoms with van der Waals surface area (Å²) in [5, 5.41) is 13.4. The van der Waals surface area contributed by atoms with Crippen molar-refractivity contribution in [1.82, 2.24) is 5.32 Å². The van der Waals surface area contributed by atoms with E-state index in [4.69, 9.17) is 4.74 Å². The van der Waals surface area contributed by atoms with Crippen molar-refractivity contribution in [2.45, 2.75) is 38.8 Å². The molecule has 1 aromatic rings. The summed E-state index contributed by atoms with van der Waals surface area (Å²) in [5.74, 6) is 0.963. The zero-order chi connectivity index (χ0) is 12.5. The second kappa shape index (κ2) is 4.67. The van der Waals surface area contributed by atoms with Gasteiger partial charge < -0.3 is 15.2 Å². The molecule has 1 aliphatic heterocycles. The van der Waals surface area contributed by atoms with Gasteiger partial charge in [0.2, 0.25) is 0 Å². The summed E-state index contributed by atoms with van der Waals surface area (Å²) in [6, 6.07) is 5.95. The summed E-state index contributed by atoms with van der Waals surface area (Å²) in [5.41, 5.74) is 2.20. The van der Waals surface area contributed by atoms with E-state index in [1.165, 1.54) is 5.56 Å². The molecule has 0 saturated heterocycles. The van der Waals surface area contributed by atoms with E-state index in [1.54, 1.807) is 0 Å². The third kappa shape index (κ3) is 3.20. The predicted molar refractivity (Wildman–Crippen MR) is 68.4 cm³/mol. The normalized spacial score (nSPS) is 16.5. The fraction of sp³-hybridized carbons (Fsp3) is 0.571. The van der Waals surface area contributed by atoms with Crippen molar-refractivity contribution in [2.24, 2.45) is 0 Å². The van der Waals surface area contributed by atoms with E-state index in [0.29, 0.717) is 6.54 Å². The molecule has 0 bridgehead atoms. The Morgan fingerprint density at radius 3 is 2.88 bits per heavy atom. The van der Waals surface area contributed by atoms with Crippen molar-refractivity contribution in [2.75, 3.05) is 13.2 Å². The van der Waals surface area contributed by atoms with Gasteiger partial charge in [0.05, 0.1) is 12.7 Å². The van der Waals surface area contributed by atoms with Crippen molar-refractivity contribution >= 4 is 0 Å². The number of rotatable bonds is 3. The summed E-state index contributed by atoms with van der Waals surface area (Å²) in [6.07, 6.45) is 0.489. The Hall–Kier alpha value is -1.06. The molecule has 3 heteroatoms. The van der Waals surface area contributed by atoms with Crippen LogP contribution in [0.5, 0.6) is 5.75 Å². The first-order chi connectivity index (χ1) is 7.96. The van der Waals surface area contributed by atoms with Gasteiger partial charge in [0, 0.05) is 18.5 Å². The Labute approximate surface area is 103 Å². The van der Waals surface area contributed by atoms with Gasteiger partial charge in [-0.05, 0) is 44.0 Å². The van der Waals surface area contributed by atoms with Crippen LogP contribution in [-0.4, -0.2) is 23.8 Å². The van der Waals surface area contributed by atoms with E-state index in [9.17, 15) is 5.11 Å². The largest absolute Gasteiger partial charge is 0.493 e. The van der Waals surface area contributed by atoms with Crippen molar-refractivity contribution < 1.29 is 9.84 Å². The molecule has 0 aliphatic carbocycles. The maximum atomic E-state index is 10.1. The Morgan fingerprint density at radius 1 is 1.41 bits per heavy atom. The zero-order valence-electron chi connectivity index (χ0n) is 10.8. The lowest BCUT2D eigenvalue weighted by Crippen LogP contribution is -2.38. The molecule has 0 radical (unpaired) electrons. The molecule has 0 amide bonds. The molecule has 0 aromatic heterocycles. The smallest absolute Gasteiger partial charge is 0.122 e. The predicted octanol–water partition coefficient (Wildman–Crippen LogP) is 2.04. The van der Waals surface area contributed by atoms with Gasteiger partial charge in [-0.2, -0.15) is 0 Å². The summed E-state index contributed by atoms with van der Waals surface area (Å²) in [6.45, 7) is 7.61. The Balaban J connectivity index is 2.02. The molecule has 17 heavy (non-hydrogen) atoms. The Morgan fingerprint density at radius 2 is 2.18 bits per heavy atom. The SMILES string of the molecule is CC(C)(C)NCC(O)c1ccc2c(c1)CCO2. The highest BCUT2D eigenvalue weighted by molar-refractivity contribution is 5.40. The Kier molecular flexibility index (Phi) is 3.40. The van der Waals surface area contributed by atoms with Crippen LogP contribution in [0.2, 0.25) is 0 Å². The number of nitrogens with one attached hydrogen (secondary N) is 1. The minimum atomic E-state index is -0.458. The molecule has 2 rings (SSSR count). The van der Waals surface area contributed by atoms with Gasteiger partial charge in [0.15, 0.2) is 0 Å². The molecule has 1 atom stereocenters. The quantitative estimate of drug-likeness (QED) is 0.842. The van der Waals surface area contributed by atoms with Gasteiger partial charge in [-0.25, -0.2) is 0 Å². The third-order valence-corrected chi connectivity index (χ3v) is 2.92. The molecule has 94 valence electrons. The third-order valence-electron chi connectivity index (χ3n) is 2.92. The molecule has 3 nitrogen and oxygen atoms in total. The lowest BCUT2D eigenvalue weighted by Gasteiger charge is -2.23. The van der Waals surface area contributed by atoms with Crippen LogP contribution < -0.4 is 10.1 Å². The molecule has 0 saturated carbocycles. The van der Waals surface area contributed by atoms with E-state index in [2.05, 4.69) is 32.2 Å². The molecule has 0 fully saturated rings. The monoisotopic (exact) mass is 235 g/mol. The van der Waals surface area contributed by atoms with Crippen molar-refractivity contribution in [1.29, 1.82) is 0 Å². The summed E-state index contributed by atoms with van der Waals surface area (Å²) in [7, 11) is 0. The van der Waals surface area contributed by atoms with Crippen LogP contribution in [0.3, 0.4) is 0 Å². The molecule has 1 heterocycles. The fourth-order valence-electron chi connectivity index (χ4n) is 1.93. The van der Waals surface area contributed by atoms with Crippen LogP contribution in [0.1, 0.15) is 38.0 Å². The van der Waals surface area contributed by atoms with E-state index in [1.807, 2.05) is 12.1 Å². The number of fused-ring (bicyclic) bond motifs is 1. The second-order valence-corrected chi connectivity index (χ2v) is 5.61. The molecule has 2 N–H and O–H groups in total. The number of hydrogen-bond acceptors (Lipinski definition) is 3. The van der Waals surface area contributed by atoms with E-state index < -0.39 is 6.10 Å². The first-order valence-corrected chi connectivity index (χ1v) is 6.14. The highest BCUT2D eigenvalue weighted by Crippen LogP contribution is 2.28. The van der Waals surface area contributed by atoms with Gasteiger partial charge in [0.25, 0.3) is 0 Å². The Bertz CT molecular complexity index is 396. The first-order valence-electron chi connectivity index (χ1n) is 6.14. The van der Waals surface area contributed by atoms with Gasteiger partial charge in [-0.15, -0.1) is 0 Å². The zero-order valence-corrected chi connectivity index (χ0v) is 10.8. The fourth-order valence-corrected chi connectivity index (χ4v) is 1.93. The first kappa shape index (κ1) is 12.4. The van der Waals surface area contributed by atoms with Crippen LogP contribution in [-0.2, 0) is 6.42 Å². The van der Waals surface area contributed by atoms with E-state index >= 15 is 0 Å². The summed E-state index contributed by atoms with van der Waals surface area (Å²) < 4.78 is 5.45. The van der Waals surface area contributed by atoms with Crippen LogP contribution in [0.15, 0.2) is 18.2 Å². The minimum Gasteiger partial charge on any atom is -0.493 e. The number of aliphatic hydroxyl groups is 1. The van der Waals surface area contributed by atoms with E-state index in [0.717, 1.165) is 24.3 Å². The molecular formula is C14H21NO2. The average Bonchev–Trinajstić information content (AvgIpc) is 2.71. The van der Waals surface area contributed by atoms with Gasteiger partial charge >= 0.3 is 0 Å². The lowest BCUT2D eigenvalue weighted by molar-refractivity contribution is 0.163. The van der Waals surface area contributed by atoms with Gasteiger partial charge in [-0.1, -0.05) is 6.07 Å². The summed E-state index contributed by atoms with van der Waals surface area (Å²) >= 11 is 0. The number of benzene rings is 1. The molecule has 1 aliphatic rings. The van der Waals surface area contributed by atoms with Crippen LogP contribution in [0.25, 0.3) is 0 Å². The van der Waals surface area contributed by atoms with Crippen molar-refractivity contribution in [3.05, 3.63) is 29.3 Å². The maximum absolute atomic E-state index is 10.1. The van der Waals surface area contributed by atoms with Crippen molar-refractivity contribution in [3.8, 4) is 5.75 Å². The standard InChI is InChI=1S/C14H21NO2/c1-14(2,3)15-9-12(16)10-4-5-13-11(8-10)6-7-17-13/h4-5,8,12,15-16H,6-7,9H2,1-3H3. The van der Waals surface area contributed by atoms with Gasteiger partial charge in [0.1, 0.15) is 5.75 Å². The molecule has 0 spiro atoms. The van der Waals surface area contributed by atoms with Crippen LogP contribution in [0.4, 0.5) is 0 Å². The van der Waals surface area contributed by atoms with Crippen molar-refractivity contribution in [3.63, 3.8) is 0 Å². The number of hydrogen-bond donors (Lipinski definition) is 2. The average molecular weight is 235 g/mol. The minimum absolute atomic E-state index is 0.0286. The molecular weight excluding hydrogens is 214 g/mol. The molecule has 1 aromatic carbocycles. The highest BCUT2D eigenvalue weighted by Gasteiger charge is 2.17. The highest BCUT2D eigenvalue weighted by atomic mass is 16.5. The van der Waals surface area contributed by atoms with E-state index in [-0.39, 0.29) is 5.54 Å². The number of ether oxygens (including phenoxy) is 1. The summed E-state index contributed by atoms with van der Waals surface area (Å²) in [4.78, 5) is 0. The van der Waals surface area contributed by atoms with Crippen LogP contribution in [0, 0.1) is 0 Å². The maximum Gasteiger partial charge on any atom is 0.122 e. The number of β-amino-alcohol motifs (C(OH)–C–C–N with tert-alkyl or cyclic N) is 1. The molecule has 1 unspecified atom stereocenters.